The number of amides is 2. The number of imide groups is 1. The Morgan fingerprint density at radius 3 is 2.42 bits per heavy atom. The number of phenols is 1. The zero-order valence-electron chi connectivity index (χ0n) is 29.7. The van der Waals surface area contributed by atoms with Crippen LogP contribution in [-0.2, 0) is 20.8 Å². The van der Waals surface area contributed by atoms with Gasteiger partial charge in [-0.15, -0.1) is 0 Å². The fourth-order valence-electron chi connectivity index (χ4n) is 9.40. The minimum Gasteiger partial charge on any atom is -0.507 e. The lowest BCUT2D eigenvalue weighted by atomic mass is 9.58. The van der Waals surface area contributed by atoms with Crippen molar-refractivity contribution in [2.24, 2.45) is 17.8 Å². The molecule has 0 unspecified atom stereocenters. The number of allylic oxidation sites excluding steroid dienone is 2. The van der Waals surface area contributed by atoms with Gasteiger partial charge in [0.2, 0.25) is 11.8 Å². The van der Waals surface area contributed by atoms with Crippen molar-refractivity contribution in [1.29, 1.82) is 0 Å². The van der Waals surface area contributed by atoms with Crippen molar-refractivity contribution in [3.63, 3.8) is 0 Å². The first kappa shape index (κ1) is 34.5. The number of hydrogen-bond donors (Lipinski definition) is 2. The topological polar surface area (TPSA) is 103 Å². The molecular weight excluding hydrogens is 649 g/mol. The van der Waals surface area contributed by atoms with Crippen LogP contribution in [0.15, 0.2) is 102 Å². The molecule has 4 atom stereocenters. The molecule has 0 radical (unpaired) electrons. The maximum absolute atomic E-state index is 14.4. The van der Waals surface area contributed by atoms with Gasteiger partial charge in [0.25, 0.3) is 0 Å². The van der Waals surface area contributed by atoms with Crippen LogP contribution in [0.2, 0.25) is 6.32 Å². The summed E-state index contributed by atoms with van der Waals surface area (Å²) in [5.41, 5.74) is 6.42. The zero-order chi connectivity index (χ0) is 35.8. The highest BCUT2D eigenvalue weighted by atomic mass is 16.5. The van der Waals surface area contributed by atoms with Gasteiger partial charge < -0.3 is 14.8 Å². The number of hydrogen-bond acceptors (Lipinski definition) is 7. The number of nitrogens with zero attached hydrogens (tertiary/aromatic N) is 3. The van der Waals surface area contributed by atoms with Gasteiger partial charge in [-0.2, -0.15) is 0 Å². The normalized spacial score (nSPS) is 24.5. The summed E-state index contributed by atoms with van der Waals surface area (Å²) in [5.74, 6) is -0.919. The Morgan fingerprint density at radius 1 is 0.923 bits per heavy atom. The molecule has 1 aromatic heterocycles. The third-order valence-corrected chi connectivity index (χ3v) is 11.9. The van der Waals surface area contributed by atoms with Crippen LogP contribution >= 0.6 is 0 Å². The second kappa shape index (κ2) is 14.8. The summed E-state index contributed by atoms with van der Waals surface area (Å²) in [6.07, 6.45) is 7.97. The van der Waals surface area contributed by atoms with Crippen LogP contribution in [0.5, 0.6) is 5.75 Å². The zero-order valence-corrected chi connectivity index (χ0v) is 29.7. The van der Waals surface area contributed by atoms with Crippen LogP contribution in [0.4, 0.5) is 0 Å². The summed E-state index contributed by atoms with van der Waals surface area (Å²) in [7, 11) is -1.02. The monoisotopic (exact) mass is 695 g/mol. The van der Waals surface area contributed by atoms with Crippen LogP contribution in [0.1, 0.15) is 62.3 Å². The molecule has 0 bridgehead atoms. The molecule has 0 spiro atoms. The summed E-state index contributed by atoms with van der Waals surface area (Å²) in [5, 5.41) is 23.4. The molecule has 2 amide bonds. The van der Waals surface area contributed by atoms with Crippen molar-refractivity contribution in [3.05, 3.63) is 119 Å². The lowest BCUT2D eigenvalue weighted by Crippen LogP contribution is -2.48. The molecule has 4 aliphatic rings. The van der Waals surface area contributed by atoms with Gasteiger partial charge >= 0.3 is 7.12 Å². The Morgan fingerprint density at radius 2 is 1.67 bits per heavy atom. The van der Waals surface area contributed by atoms with Gasteiger partial charge in [0.05, 0.1) is 23.6 Å². The molecule has 3 fully saturated rings. The van der Waals surface area contributed by atoms with Crippen LogP contribution in [-0.4, -0.2) is 69.1 Å². The van der Waals surface area contributed by atoms with E-state index in [0.29, 0.717) is 25.6 Å². The summed E-state index contributed by atoms with van der Waals surface area (Å²) >= 11 is 0. The van der Waals surface area contributed by atoms with Gasteiger partial charge in [0.15, 0.2) is 0 Å². The molecular formula is C43H46BN3O5. The highest BCUT2D eigenvalue weighted by Crippen LogP contribution is 2.52. The van der Waals surface area contributed by atoms with Crippen molar-refractivity contribution in [1.82, 2.24) is 14.8 Å². The first-order chi connectivity index (χ1) is 25.4. The van der Waals surface area contributed by atoms with E-state index in [9.17, 15) is 19.7 Å². The SMILES string of the molecule is CCC1=C2[C@@H](CC/C(=C/c3ccc(O)c4ccccc34)c3ccccn3)OB(O)C[C@@H]2[C@@H]2C(=O)N(C3CCN(Cc4ccccc4)CC3)C(=O)[C@@H]2C1. The molecule has 8 nitrogen and oxygen atoms in total. The lowest BCUT2D eigenvalue weighted by Gasteiger charge is -2.43. The second-order valence-electron chi connectivity index (χ2n) is 14.9. The van der Waals surface area contributed by atoms with Crippen LogP contribution in [0, 0.1) is 17.8 Å². The van der Waals surface area contributed by atoms with Crippen molar-refractivity contribution in [2.75, 3.05) is 13.1 Å². The van der Waals surface area contributed by atoms with Crippen LogP contribution < -0.4 is 0 Å². The van der Waals surface area contributed by atoms with E-state index in [4.69, 9.17) is 9.64 Å². The van der Waals surface area contributed by atoms with Crippen molar-refractivity contribution < 1.29 is 24.4 Å². The molecule has 8 rings (SSSR count). The quantitative estimate of drug-likeness (QED) is 0.109. The lowest BCUT2D eigenvalue weighted by molar-refractivity contribution is -0.144. The fourth-order valence-corrected chi connectivity index (χ4v) is 9.40. The molecule has 9 heteroatoms. The summed E-state index contributed by atoms with van der Waals surface area (Å²) in [4.78, 5) is 37.2. The number of rotatable bonds is 9. The number of aromatic hydroxyl groups is 1. The molecule has 4 aromatic rings. The predicted molar refractivity (Wildman–Crippen MR) is 204 cm³/mol. The van der Waals surface area contributed by atoms with Crippen LogP contribution in [0.25, 0.3) is 22.4 Å². The number of piperidine rings is 1. The number of carbonyl (C=O) groups is 2. The molecule has 4 heterocycles. The number of pyridine rings is 1. The molecule has 3 aliphatic heterocycles. The van der Waals surface area contributed by atoms with Gasteiger partial charge in [-0.3, -0.25) is 24.4 Å². The molecule has 2 N–H and O–H groups in total. The molecule has 3 saturated heterocycles. The fraction of sp³-hybridized carbons (Fsp3) is 0.372. The number of likely N-dealkylation sites (tertiary alicyclic amines) is 2. The standard InChI is InChI=1S/C43H46BN3O5/c1-2-29-25-35-41(43(50)47(42(35)49)32-19-22-46(23-20-32)27-28-10-4-3-5-11-28)36-26-44(51)52-39(40(29)36)18-16-31(37-14-8-9-21-45-37)24-30-15-17-38(48)34-13-7-6-12-33(30)34/h3-15,17,21,24,32,35-36,39,41,48,51H,2,16,18-20,22-23,25-27H2,1H3/b31-24-/t35-,36+,39-,41-/m1/s1. The molecule has 3 aromatic carbocycles. The Bertz CT molecular complexity index is 2010. The van der Waals surface area contributed by atoms with Gasteiger partial charge in [-0.05, 0) is 103 Å². The Labute approximate surface area is 306 Å². The largest absolute Gasteiger partial charge is 0.507 e. The first-order valence-electron chi connectivity index (χ1n) is 18.9. The first-order valence-corrected chi connectivity index (χ1v) is 18.9. The van der Waals surface area contributed by atoms with Gasteiger partial charge in [-0.1, -0.05) is 79.2 Å². The highest BCUT2D eigenvalue weighted by molar-refractivity contribution is 6.43. The average Bonchev–Trinajstić information content (AvgIpc) is 3.43. The maximum Gasteiger partial charge on any atom is 0.455 e. The number of phenolic OH excluding ortho intramolecular Hbond substituents is 1. The highest BCUT2D eigenvalue weighted by Gasteiger charge is 2.58. The predicted octanol–water partition coefficient (Wildman–Crippen LogP) is 7.13. The van der Waals surface area contributed by atoms with Gasteiger partial charge in [0.1, 0.15) is 5.75 Å². The molecule has 1 aliphatic carbocycles. The maximum atomic E-state index is 14.4. The minimum atomic E-state index is -1.02. The van der Waals surface area contributed by atoms with Gasteiger partial charge in [-0.25, -0.2) is 0 Å². The van der Waals surface area contributed by atoms with Crippen molar-refractivity contribution in [3.8, 4) is 5.75 Å². The minimum absolute atomic E-state index is 0.0273. The Hall–Kier alpha value is -4.57. The number of benzene rings is 3. The number of fused-ring (bicyclic) bond motifs is 4. The van der Waals surface area contributed by atoms with Crippen molar-refractivity contribution in [2.45, 2.75) is 70.5 Å². The smallest absolute Gasteiger partial charge is 0.455 e. The third kappa shape index (κ3) is 6.62. The Kier molecular flexibility index (Phi) is 9.83. The summed E-state index contributed by atoms with van der Waals surface area (Å²) in [6, 6.07) is 27.7. The van der Waals surface area contributed by atoms with E-state index in [-0.39, 0.29) is 41.5 Å². The number of aromatic nitrogens is 1. The number of carbonyl (C=O) groups excluding carboxylic acids is 2. The van der Waals surface area contributed by atoms with E-state index in [1.54, 1.807) is 17.2 Å². The Balaban J connectivity index is 1.03. The van der Waals surface area contributed by atoms with E-state index in [2.05, 4.69) is 42.2 Å². The van der Waals surface area contributed by atoms with Gasteiger partial charge in [0, 0.05) is 37.3 Å². The average molecular weight is 696 g/mol. The van der Waals surface area contributed by atoms with E-state index in [0.717, 1.165) is 72.1 Å². The third-order valence-electron chi connectivity index (χ3n) is 11.9. The summed E-state index contributed by atoms with van der Waals surface area (Å²) in [6.45, 7) is 4.69. The van der Waals surface area contributed by atoms with E-state index in [1.807, 2.05) is 54.6 Å². The second-order valence-corrected chi connectivity index (χ2v) is 14.9. The van der Waals surface area contributed by atoms with E-state index in [1.165, 1.54) is 11.1 Å². The summed E-state index contributed by atoms with van der Waals surface area (Å²) < 4.78 is 6.33. The molecule has 266 valence electrons. The van der Waals surface area contributed by atoms with Crippen LogP contribution in [0.3, 0.4) is 0 Å². The van der Waals surface area contributed by atoms with Crippen molar-refractivity contribution >= 4 is 41.4 Å². The van der Waals surface area contributed by atoms with E-state index >= 15 is 0 Å². The molecule has 0 saturated carbocycles. The van der Waals surface area contributed by atoms with E-state index < -0.39 is 13.0 Å². The molecule has 52 heavy (non-hydrogen) atoms.